The molecular weight excluding hydrogens is 358 g/mol. The van der Waals surface area contributed by atoms with Crippen LogP contribution in [0.25, 0.3) is 10.6 Å². The van der Waals surface area contributed by atoms with Gasteiger partial charge < -0.3 is 15.8 Å². The van der Waals surface area contributed by atoms with Crippen molar-refractivity contribution in [3.63, 3.8) is 0 Å². The number of thiazole rings is 1. The van der Waals surface area contributed by atoms with Gasteiger partial charge in [-0.15, -0.1) is 23.7 Å². The van der Waals surface area contributed by atoms with Crippen molar-refractivity contribution in [2.75, 3.05) is 7.11 Å². The topological polar surface area (TPSA) is 77.2 Å². The number of nitrogens with zero attached hydrogens (tertiary/aromatic N) is 1. The normalized spacial score (nSPS) is 12.8. The molecule has 1 aromatic heterocycles. The van der Waals surface area contributed by atoms with Gasteiger partial charge >= 0.3 is 0 Å². The first kappa shape index (κ1) is 21.4. The molecule has 2 atom stereocenters. The summed E-state index contributed by atoms with van der Waals surface area (Å²) in [6.45, 7) is 5.87. The number of hydrogen-bond acceptors (Lipinski definition) is 5. The molecule has 1 aromatic carbocycles. The number of benzene rings is 1. The molecule has 0 bridgehead atoms. The summed E-state index contributed by atoms with van der Waals surface area (Å²) in [4.78, 5) is 17.7. The van der Waals surface area contributed by atoms with Gasteiger partial charge in [0.05, 0.1) is 23.7 Å². The second-order valence-corrected chi connectivity index (χ2v) is 7.03. The molecule has 0 aliphatic heterocycles. The third-order valence-electron chi connectivity index (χ3n) is 3.77. The summed E-state index contributed by atoms with van der Waals surface area (Å²) >= 11 is 1.61. The molecule has 25 heavy (non-hydrogen) atoms. The van der Waals surface area contributed by atoms with Gasteiger partial charge in [-0.05, 0) is 51.5 Å². The minimum absolute atomic E-state index is 0. The number of aromatic nitrogens is 1. The lowest BCUT2D eigenvalue weighted by Gasteiger charge is -2.13. The molecule has 1 heterocycles. The maximum Gasteiger partial charge on any atom is 0.220 e. The second-order valence-electron chi connectivity index (χ2n) is 6.00. The Morgan fingerprint density at radius 1 is 1.32 bits per heavy atom. The zero-order valence-corrected chi connectivity index (χ0v) is 16.7. The number of rotatable bonds is 7. The number of carbonyl (C=O) groups is 1. The lowest BCUT2D eigenvalue weighted by molar-refractivity contribution is -0.121. The molecule has 2 unspecified atom stereocenters. The van der Waals surface area contributed by atoms with Crippen molar-refractivity contribution in [3.8, 4) is 16.3 Å². The van der Waals surface area contributed by atoms with Crippen LogP contribution in [0.2, 0.25) is 0 Å². The van der Waals surface area contributed by atoms with Crippen molar-refractivity contribution in [1.82, 2.24) is 10.3 Å². The van der Waals surface area contributed by atoms with Crippen molar-refractivity contribution >= 4 is 29.7 Å². The van der Waals surface area contributed by atoms with E-state index in [1.165, 1.54) is 0 Å². The molecule has 2 aromatic rings. The number of nitrogens with two attached hydrogens (primary N) is 1. The molecule has 0 aliphatic rings. The fourth-order valence-electron chi connectivity index (χ4n) is 2.40. The summed E-state index contributed by atoms with van der Waals surface area (Å²) in [6, 6.07) is 7.81. The molecule has 2 rings (SSSR count). The highest BCUT2D eigenvalue weighted by atomic mass is 35.5. The third-order valence-corrected chi connectivity index (χ3v) is 5.16. The predicted molar refractivity (Wildman–Crippen MR) is 106 cm³/mol. The van der Waals surface area contributed by atoms with Crippen molar-refractivity contribution in [3.05, 3.63) is 34.8 Å². The van der Waals surface area contributed by atoms with Crippen LogP contribution in [0.15, 0.2) is 24.3 Å². The van der Waals surface area contributed by atoms with Gasteiger partial charge in [-0.3, -0.25) is 4.79 Å². The summed E-state index contributed by atoms with van der Waals surface area (Å²) in [6.07, 6.45) is 1.14. The minimum atomic E-state index is -0.0601. The Bertz CT molecular complexity index is 686. The zero-order chi connectivity index (χ0) is 17.7. The SMILES string of the molecule is COc1ccc(-c2nc(C)c(C(C)NC(=O)CCC(C)N)s2)cc1.Cl. The number of nitrogens with one attached hydrogen (secondary N) is 1. The molecule has 5 nitrogen and oxygen atoms in total. The lowest BCUT2D eigenvalue weighted by Crippen LogP contribution is -2.28. The van der Waals surface area contributed by atoms with Gasteiger partial charge in [-0.2, -0.15) is 0 Å². The number of carbonyl (C=O) groups excluding carboxylic acids is 1. The van der Waals surface area contributed by atoms with Crippen LogP contribution in [0.4, 0.5) is 0 Å². The Morgan fingerprint density at radius 2 is 1.96 bits per heavy atom. The Balaban J connectivity index is 0.00000312. The van der Waals surface area contributed by atoms with Crippen LogP contribution in [-0.4, -0.2) is 24.0 Å². The summed E-state index contributed by atoms with van der Waals surface area (Å²) < 4.78 is 5.18. The van der Waals surface area contributed by atoms with E-state index in [1.54, 1.807) is 18.4 Å². The molecule has 0 radical (unpaired) electrons. The van der Waals surface area contributed by atoms with Gasteiger partial charge in [0, 0.05) is 18.0 Å². The molecule has 1 amide bonds. The van der Waals surface area contributed by atoms with E-state index >= 15 is 0 Å². The van der Waals surface area contributed by atoms with Gasteiger partial charge in [0.1, 0.15) is 10.8 Å². The average Bonchev–Trinajstić information content (AvgIpc) is 2.95. The number of ether oxygens (including phenoxy) is 1. The molecule has 3 N–H and O–H groups in total. The number of amides is 1. The van der Waals surface area contributed by atoms with Gasteiger partial charge in [0.15, 0.2) is 0 Å². The van der Waals surface area contributed by atoms with E-state index in [1.807, 2.05) is 45.0 Å². The molecule has 0 saturated heterocycles. The van der Waals surface area contributed by atoms with Crippen molar-refractivity contribution in [1.29, 1.82) is 0 Å². The largest absolute Gasteiger partial charge is 0.497 e. The molecule has 138 valence electrons. The van der Waals surface area contributed by atoms with Crippen LogP contribution in [0.1, 0.15) is 43.3 Å². The first-order chi connectivity index (χ1) is 11.4. The summed E-state index contributed by atoms with van der Waals surface area (Å²) in [5.74, 6) is 0.848. The second kappa shape index (κ2) is 9.75. The van der Waals surface area contributed by atoms with E-state index in [0.717, 1.165) is 26.9 Å². The van der Waals surface area contributed by atoms with E-state index in [2.05, 4.69) is 10.3 Å². The third kappa shape index (κ3) is 5.99. The van der Waals surface area contributed by atoms with E-state index < -0.39 is 0 Å². The molecule has 0 aliphatic carbocycles. The number of hydrogen-bond donors (Lipinski definition) is 2. The predicted octanol–water partition coefficient (Wildman–Crippen LogP) is 3.85. The summed E-state index contributed by atoms with van der Waals surface area (Å²) in [5.41, 5.74) is 7.69. The standard InChI is InChI=1S/C18H25N3O2S.ClH/c1-11(19)5-10-16(22)20-12(2)17-13(3)21-18(24-17)14-6-8-15(23-4)9-7-14;/h6-9,11-12H,5,10,19H2,1-4H3,(H,20,22);1H. The van der Waals surface area contributed by atoms with Crippen LogP contribution in [-0.2, 0) is 4.79 Å². The Morgan fingerprint density at radius 3 is 2.52 bits per heavy atom. The van der Waals surface area contributed by atoms with E-state index in [9.17, 15) is 4.79 Å². The van der Waals surface area contributed by atoms with Crippen LogP contribution >= 0.6 is 23.7 Å². The van der Waals surface area contributed by atoms with Crippen LogP contribution in [0.3, 0.4) is 0 Å². The number of aryl methyl sites for hydroxylation is 1. The van der Waals surface area contributed by atoms with Crippen molar-refractivity contribution in [2.24, 2.45) is 5.73 Å². The highest BCUT2D eigenvalue weighted by Crippen LogP contribution is 2.32. The fraction of sp³-hybridized carbons (Fsp3) is 0.444. The molecule has 0 saturated carbocycles. The average molecular weight is 384 g/mol. The maximum atomic E-state index is 12.0. The molecule has 0 fully saturated rings. The molecular formula is C18H26ClN3O2S. The van der Waals surface area contributed by atoms with Crippen LogP contribution in [0, 0.1) is 6.92 Å². The Kier molecular flexibility index (Phi) is 8.35. The number of methoxy groups -OCH3 is 1. The van der Waals surface area contributed by atoms with Crippen molar-refractivity contribution < 1.29 is 9.53 Å². The van der Waals surface area contributed by atoms with Crippen molar-refractivity contribution in [2.45, 2.75) is 45.7 Å². The Hall–Kier alpha value is -1.63. The number of halogens is 1. The minimum Gasteiger partial charge on any atom is -0.497 e. The molecule has 0 spiro atoms. The van der Waals surface area contributed by atoms with Crippen LogP contribution in [0.5, 0.6) is 5.75 Å². The van der Waals surface area contributed by atoms with Crippen LogP contribution < -0.4 is 15.8 Å². The monoisotopic (exact) mass is 383 g/mol. The first-order valence-corrected chi connectivity index (χ1v) is 8.89. The fourth-order valence-corrected chi connectivity index (χ4v) is 3.48. The lowest BCUT2D eigenvalue weighted by atomic mass is 10.1. The van der Waals surface area contributed by atoms with E-state index in [-0.39, 0.29) is 30.4 Å². The molecule has 7 heteroatoms. The zero-order valence-electron chi connectivity index (χ0n) is 15.0. The summed E-state index contributed by atoms with van der Waals surface area (Å²) in [7, 11) is 1.65. The highest BCUT2D eigenvalue weighted by molar-refractivity contribution is 7.15. The maximum absolute atomic E-state index is 12.0. The quantitative estimate of drug-likeness (QED) is 0.761. The van der Waals surface area contributed by atoms with Gasteiger partial charge in [0.2, 0.25) is 5.91 Å². The summed E-state index contributed by atoms with van der Waals surface area (Å²) in [5, 5.41) is 3.98. The smallest absolute Gasteiger partial charge is 0.220 e. The Labute approximate surface area is 159 Å². The van der Waals surface area contributed by atoms with E-state index in [0.29, 0.717) is 12.8 Å². The van der Waals surface area contributed by atoms with Gasteiger partial charge in [0.25, 0.3) is 0 Å². The van der Waals surface area contributed by atoms with Gasteiger partial charge in [-0.1, -0.05) is 0 Å². The van der Waals surface area contributed by atoms with E-state index in [4.69, 9.17) is 10.5 Å². The van der Waals surface area contributed by atoms with Gasteiger partial charge in [-0.25, -0.2) is 4.98 Å². The first-order valence-electron chi connectivity index (χ1n) is 8.07. The highest BCUT2D eigenvalue weighted by Gasteiger charge is 2.17.